The Morgan fingerprint density at radius 3 is 2.20 bits per heavy atom. The summed E-state index contributed by atoms with van der Waals surface area (Å²) in [6.07, 6.45) is -4.43. The van der Waals surface area contributed by atoms with E-state index in [1.807, 2.05) is 0 Å². The third-order valence-electron chi connectivity index (χ3n) is 3.94. The zero-order valence-corrected chi connectivity index (χ0v) is 15.4. The van der Waals surface area contributed by atoms with Gasteiger partial charge in [-0.3, -0.25) is 0 Å². The molecule has 2 aromatic rings. The van der Waals surface area contributed by atoms with Gasteiger partial charge < -0.3 is 0 Å². The van der Waals surface area contributed by atoms with Gasteiger partial charge in [-0.1, -0.05) is 24.3 Å². The van der Waals surface area contributed by atoms with Crippen LogP contribution in [0, 0.1) is 0 Å². The molecule has 0 N–H and O–H groups in total. The number of thiol groups is 1. The van der Waals surface area contributed by atoms with Crippen LogP contribution in [0.5, 0.6) is 0 Å². The zero-order valence-electron chi connectivity index (χ0n) is 13.7. The topological polar surface area (TPSA) is 37.4 Å². The summed E-state index contributed by atoms with van der Waals surface area (Å²) in [4.78, 5) is 0.0827. The maximum Gasteiger partial charge on any atom is 0.416 e. The first-order valence-corrected chi connectivity index (χ1v) is 9.51. The molecule has 0 fully saturated rings. The van der Waals surface area contributed by atoms with Gasteiger partial charge in [0.05, 0.1) is 10.5 Å². The second-order valence-electron chi connectivity index (χ2n) is 5.66. The minimum absolute atomic E-state index is 0.0827. The van der Waals surface area contributed by atoms with Crippen molar-refractivity contribution in [3.63, 3.8) is 0 Å². The number of benzene rings is 2. The molecule has 0 aromatic heterocycles. The van der Waals surface area contributed by atoms with E-state index in [4.69, 9.17) is 0 Å². The Labute approximate surface area is 150 Å². The van der Waals surface area contributed by atoms with Crippen molar-refractivity contribution in [2.45, 2.75) is 24.0 Å². The third-order valence-corrected chi connectivity index (χ3v) is 6.45. The maximum absolute atomic E-state index is 12.8. The van der Waals surface area contributed by atoms with E-state index in [-0.39, 0.29) is 10.9 Å². The van der Waals surface area contributed by atoms with Crippen molar-refractivity contribution in [3.8, 4) is 11.1 Å². The lowest BCUT2D eigenvalue weighted by Gasteiger charge is -2.22. The molecule has 8 heteroatoms. The SMILES string of the molecule is CC(CS)N(C)S(=O)(=O)c1ccc(-c2cccc(C(F)(F)F)c2)cc1. The highest BCUT2D eigenvalue weighted by molar-refractivity contribution is 7.89. The van der Waals surface area contributed by atoms with Crippen LogP contribution in [-0.4, -0.2) is 31.6 Å². The quantitative estimate of drug-likeness (QED) is 0.774. The molecule has 136 valence electrons. The molecule has 0 aliphatic heterocycles. The van der Waals surface area contributed by atoms with Crippen LogP contribution in [0.2, 0.25) is 0 Å². The van der Waals surface area contributed by atoms with Crippen LogP contribution >= 0.6 is 12.6 Å². The molecule has 1 atom stereocenters. The van der Waals surface area contributed by atoms with E-state index in [1.54, 1.807) is 13.0 Å². The largest absolute Gasteiger partial charge is 0.416 e. The van der Waals surface area contributed by atoms with Crippen molar-refractivity contribution in [1.82, 2.24) is 4.31 Å². The molecular formula is C17H18F3NO2S2. The summed E-state index contributed by atoms with van der Waals surface area (Å²) in [5.41, 5.74) is 0.134. The summed E-state index contributed by atoms with van der Waals surface area (Å²) in [7, 11) is -2.21. The van der Waals surface area contributed by atoms with Gasteiger partial charge >= 0.3 is 6.18 Å². The van der Waals surface area contributed by atoms with Crippen molar-refractivity contribution in [2.75, 3.05) is 12.8 Å². The summed E-state index contributed by atoms with van der Waals surface area (Å²) in [6.45, 7) is 1.74. The second kappa shape index (κ2) is 7.39. The normalized spacial score (nSPS) is 13.9. The van der Waals surface area contributed by atoms with Crippen LogP contribution < -0.4 is 0 Å². The number of rotatable bonds is 5. The van der Waals surface area contributed by atoms with Gasteiger partial charge in [0, 0.05) is 18.8 Å². The van der Waals surface area contributed by atoms with E-state index in [0.29, 0.717) is 16.9 Å². The molecule has 0 saturated heterocycles. The lowest BCUT2D eigenvalue weighted by atomic mass is 10.0. The van der Waals surface area contributed by atoms with Crippen LogP contribution in [-0.2, 0) is 16.2 Å². The molecule has 0 spiro atoms. The molecule has 2 aromatic carbocycles. The Kier molecular flexibility index (Phi) is 5.86. The minimum atomic E-state index is -4.43. The van der Waals surface area contributed by atoms with Gasteiger partial charge in [0.1, 0.15) is 0 Å². The summed E-state index contributed by atoms with van der Waals surface area (Å²) in [5, 5.41) is 0. The van der Waals surface area contributed by atoms with E-state index in [9.17, 15) is 21.6 Å². The monoisotopic (exact) mass is 389 g/mol. The highest BCUT2D eigenvalue weighted by Crippen LogP contribution is 2.32. The van der Waals surface area contributed by atoms with Crippen LogP contribution in [0.1, 0.15) is 12.5 Å². The summed E-state index contributed by atoms with van der Waals surface area (Å²) in [6, 6.07) is 10.4. The number of hydrogen-bond acceptors (Lipinski definition) is 3. The van der Waals surface area contributed by atoms with Crippen molar-refractivity contribution in [3.05, 3.63) is 54.1 Å². The predicted octanol–water partition coefficient (Wildman–Crippen LogP) is 4.31. The molecule has 0 amide bonds. The molecule has 2 rings (SSSR count). The second-order valence-corrected chi connectivity index (χ2v) is 8.02. The van der Waals surface area contributed by atoms with E-state index in [0.717, 1.165) is 12.1 Å². The summed E-state index contributed by atoms with van der Waals surface area (Å²) >= 11 is 4.10. The van der Waals surface area contributed by atoms with Gasteiger partial charge in [-0.25, -0.2) is 8.42 Å². The van der Waals surface area contributed by atoms with Crippen LogP contribution in [0.25, 0.3) is 11.1 Å². The van der Waals surface area contributed by atoms with Gasteiger partial charge in [-0.15, -0.1) is 0 Å². The number of nitrogens with zero attached hydrogens (tertiary/aromatic N) is 1. The van der Waals surface area contributed by atoms with Gasteiger partial charge in [0.25, 0.3) is 0 Å². The molecule has 0 aliphatic carbocycles. The van der Waals surface area contributed by atoms with Gasteiger partial charge in [-0.05, 0) is 42.3 Å². The fraction of sp³-hybridized carbons (Fsp3) is 0.294. The van der Waals surface area contributed by atoms with Gasteiger partial charge in [0.2, 0.25) is 10.0 Å². The number of sulfonamides is 1. The summed E-state index contributed by atoms with van der Waals surface area (Å²) in [5.74, 6) is 0.373. The average molecular weight is 389 g/mol. The molecule has 0 bridgehead atoms. The molecule has 0 aliphatic rings. The Balaban J connectivity index is 2.35. The standard InChI is InChI=1S/C17H18F3NO2S2/c1-12(11-24)21(2)25(22,23)16-8-6-13(7-9-16)14-4-3-5-15(10-14)17(18,19)20/h3-10,12,24H,11H2,1-2H3. The first-order valence-electron chi connectivity index (χ1n) is 7.44. The fourth-order valence-corrected chi connectivity index (χ4v) is 3.93. The van der Waals surface area contributed by atoms with Crippen LogP contribution in [0.3, 0.4) is 0 Å². The lowest BCUT2D eigenvalue weighted by Crippen LogP contribution is -2.36. The van der Waals surface area contributed by atoms with E-state index in [1.165, 1.54) is 41.7 Å². The number of hydrogen-bond donors (Lipinski definition) is 1. The molecule has 3 nitrogen and oxygen atoms in total. The molecule has 0 heterocycles. The van der Waals surface area contributed by atoms with Crippen molar-refractivity contribution in [1.29, 1.82) is 0 Å². The molecule has 0 saturated carbocycles. The Morgan fingerprint density at radius 2 is 1.68 bits per heavy atom. The van der Waals surface area contributed by atoms with Gasteiger partial charge in [0.15, 0.2) is 0 Å². The smallest absolute Gasteiger partial charge is 0.207 e. The van der Waals surface area contributed by atoms with E-state index >= 15 is 0 Å². The molecule has 25 heavy (non-hydrogen) atoms. The Hall–Kier alpha value is -1.51. The lowest BCUT2D eigenvalue weighted by molar-refractivity contribution is -0.137. The van der Waals surface area contributed by atoms with Crippen LogP contribution in [0.4, 0.5) is 13.2 Å². The first kappa shape index (κ1) is 19.8. The minimum Gasteiger partial charge on any atom is -0.207 e. The third kappa shape index (κ3) is 4.37. The number of alkyl halides is 3. The highest BCUT2D eigenvalue weighted by atomic mass is 32.2. The molecule has 0 radical (unpaired) electrons. The Bertz CT molecular complexity index is 834. The average Bonchev–Trinajstić information content (AvgIpc) is 2.59. The molecule has 1 unspecified atom stereocenters. The zero-order chi connectivity index (χ0) is 18.8. The maximum atomic E-state index is 12.8. The van der Waals surface area contributed by atoms with E-state index < -0.39 is 21.8 Å². The Morgan fingerprint density at radius 1 is 1.08 bits per heavy atom. The predicted molar refractivity (Wildman–Crippen MR) is 95.1 cm³/mol. The van der Waals surface area contributed by atoms with Crippen LogP contribution in [0.15, 0.2) is 53.4 Å². The van der Waals surface area contributed by atoms with Crippen molar-refractivity contribution >= 4 is 22.7 Å². The first-order chi connectivity index (χ1) is 11.6. The van der Waals surface area contributed by atoms with Crippen molar-refractivity contribution < 1.29 is 21.6 Å². The summed E-state index contributed by atoms with van der Waals surface area (Å²) < 4.78 is 64.7. The van der Waals surface area contributed by atoms with Gasteiger partial charge in [-0.2, -0.15) is 30.1 Å². The van der Waals surface area contributed by atoms with E-state index in [2.05, 4.69) is 12.6 Å². The molecular weight excluding hydrogens is 371 g/mol. The fourth-order valence-electron chi connectivity index (χ4n) is 2.21. The van der Waals surface area contributed by atoms with Crippen molar-refractivity contribution in [2.24, 2.45) is 0 Å². The number of halogens is 3. The highest BCUT2D eigenvalue weighted by Gasteiger charge is 2.30.